The predicted molar refractivity (Wildman–Crippen MR) is 80.0 cm³/mol. The van der Waals surface area contributed by atoms with E-state index in [1.165, 1.54) is 0 Å². The van der Waals surface area contributed by atoms with Crippen molar-refractivity contribution in [1.29, 1.82) is 0 Å². The third-order valence-corrected chi connectivity index (χ3v) is 4.11. The second-order valence-corrected chi connectivity index (χ2v) is 5.85. The van der Waals surface area contributed by atoms with Gasteiger partial charge < -0.3 is 15.7 Å². The third-order valence-electron chi connectivity index (χ3n) is 4.11. The Balaban J connectivity index is 1.99. The Morgan fingerprint density at radius 2 is 2.10 bits per heavy atom. The number of aliphatic carboxylic acids is 1. The number of benzene rings is 1. The molecule has 5 nitrogen and oxygen atoms in total. The van der Waals surface area contributed by atoms with Crippen molar-refractivity contribution in [3.8, 4) is 0 Å². The summed E-state index contributed by atoms with van der Waals surface area (Å²) in [5.41, 5.74) is 0.259. The van der Waals surface area contributed by atoms with Crippen LogP contribution >= 0.6 is 0 Å². The van der Waals surface area contributed by atoms with Crippen molar-refractivity contribution in [2.24, 2.45) is 5.41 Å². The Bertz CT molecular complexity index is 496. The first-order valence-corrected chi connectivity index (χ1v) is 7.30. The molecule has 1 aromatic carbocycles. The van der Waals surface area contributed by atoms with E-state index in [0.717, 1.165) is 19.4 Å². The smallest absolute Gasteiger partial charge is 0.312 e. The number of carbonyl (C=O) groups excluding carboxylic acids is 1. The van der Waals surface area contributed by atoms with E-state index >= 15 is 0 Å². The number of carboxylic acid groups (broad SMARTS) is 1. The quantitative estimate of drug-likeness (QED) is 0.765. The van der Waals surface area contributed by atoms with E-state index in [1.54, 1.807) is 24.3 Å². The van der Waals surface area contributed by atoms with E-state index in [2.05, 4.69) is 10.6 Å². The van der Waals surface area contributed by atoms with Gasteiger partial charge in [-0.05, 0) is 31.9 Å². The van der Waals surface area contributed by atoms with E-state index in [1.807, 2.05) is 13.0 Å². The molecule has 0 saturated carbocycles. The summed E-state index contributed by atoms with van der Waals surface area (Å²) >= 11 is 0. The zero-order valence-corrected chi connectivity index (χ0v) is 12.3. The fourth-order valence-corrected chi connectivity index (χ4v) is 2.69. The highest BCUT2D eigenvalue weighted by atomic mass is 16.4. The average molecular weight is 290 g/mol. The van der Waals surface area contributed by atoms with Crippen LogP contribution < -0.4 is 10.6 Å². The monoisotopic (exact) mass is 290 g/mol. The van der Waals surface area contributed by atoms with Gasteiger partial charge in [0.05, 0.1) is 11.3 Å². The van der Waals surface area contributed by atoms with Gasteiger partial charge in [0.25, 0.3) is 0 Å². The second-order valence-electron chi connectivity index (χ2n) is 5.85. The highest BCUT2D eigenvalue weighted by molar-refractivity contribution is 5.84. The third kappa shape index (κ3) is 3.82. The first-order chi connectivity index (χ1) is 10.0. The number of carboxylic acids is 1. The van der Waals surface area contributed by atoms with E-state index in [9.17, 15) is 14.7 Å². The van der Waals surface area contributed by atoms with Crippen molar-refractivity contribution in [2.75, 3.05) is 19.6 Å². The molecule has 0 aromatic heterocycles. The van der Waals surface area contributed by atoms with E-state index in [0.29, 0.717) is 12.1 Å². The molecule has 1 heterocycles. The van der Waals surface area contributed by atoms with E-state index in [4.69, 9.17) is 0 Å². The molecule has 3 N–H and O–H groups in total. The molecule has 114 valence electrons. The zero-order valence-electron chi connectivity index (χ0n) is 12.3. The summed E-state index contributed by atoms with van der Waals surface area (Å²) in [5, 5.41) is 15.4. The van der Waals surface area contributed by atoms with Crippen LogP contribution in [0.15, 0.2) is 30.3 Å². The lowest BCUT2D eigenvalue weighted by Crippen LogP contribution is -2.49. The minimum absolute atomic E-state index is 0.0723. The van der Waals surface area contributed by atoms with Crippen molar-refractivity contribution in [1.82, 2.24) is 10.6 Å². The second kappa shape index (κ2) is 6.72. The van der Waals surface area contributed by atoms with Gasteiger partial charge in [-0.2, -0.15) is 0 Å². The summed E-state index contributed by atoms with van der Waals surface area (Å²) in [6.07, 6.45) is 1.79. The minimum Gasteiger partial charge on any atom is -0.481 e. The largest absolute Gasteiger partial charge is 0.481 e. The molecule has 0 radical (unpaired) electrons. The van der Waals surface area contributed by atoms with Crippen LogP contribution in [-0.2, 0) is 9.59 Å². The molecule has 2 unspecified atom stereocenters. The van der Waals surface area contributed by atoms with Gasteiger partial charge in [0.2, 0.25) is 5.91 Å². The number of piperidine rings is 1. The highest BCUT2D eigenvalue weighted by Crippen LogP contribution is 2.26. The van der Waals surface area contributed by atoms with Gasteiger partial charge in [0.1, 0.15) is 0 Å². The standard InChI is InChI=1S/C16H22N2O3/c1-16(8-5-9-17-11-16)15(21)18-10-13(14(19)20)12-6-3-2-4-7-12/h2-4,6-7,13,17H,5,8-11H2,1H3,(H,18,21)(H,19,20). The first kappa shape index (κ1) is 15.5. The van der Waals surface area contributed by atoms with Crippen molar-refractivity contribution in [3.63, 3.8) is 0 Å². The van der Waals surface area contributed by atoms with Crippen LogP contribution in [0.4, 0.5) is 0 Å². The summed E-state index contributed by atoms with van der Waals surface area (Å²) in [5.74, 6) is -1.71. The van der Waals surface area contributed by atoms with Crippen molar-refractivity contribution in [2.45, 2.75) is 25.7 Å². The van der Waals surface area contributed by atoms with Crippen LogP contribution in [0.3, 0.4) is 0 Å². The molecule has 1 fully saturated rings. The summed E-state index contributed by atoms with van der Waals surface area (Å²) in [6, 6.07) is 9.00. The molecule has 1 amide bonds. The predicted octanol–water partition coefficient (Wildman–Crippen LogP) is 1.36. The van der Waals surface area contributed by atoms with Crippen LogP contribution in [0.25, 0.3) is 0 Å². The topological polar surface area (TPSA) is 78.4 Å². The number of rotatable bonds is 5. The van der Waals surface area contributed by atoms with Crippen LogP contribution in [0.2, 0.25) is 0 Å². The molecule has 1 saturated heterocycles. The fourth-order valence-electron chi connectivity index (χ4n) is 2.69. The lowest BCUT2D eigenvalue weighted by atomic mass is 9.81. The fraction of sp³-hybridized carbons (Fsp3) is 0.500. The van der Waals surface area contributed by atoms with Gasteiger partial charge in [-0.1, -0.05) is 30.3 Å². The SMILES string of the molecule is CC1(C(=O)NCC(C(=O)O)c2ccccc2)CCCNC1. The Morgan fingerprint density at radius 3 is 2.67 bits per heavy atom. The van der Waals surface area contributed by atoms with E-state index in [-0.39, 0.29) is 12.5 Å². The Labute approximate surface area is 124 Å². The van der Waals surface area contributed by atoms with Gasteiger partial charge in [0, 0.05) is 13.1 Å². The maximum absolute atomic E-state index is 12.3. The van der Waals surface area contributed by atoms with Crippen molar-refractivity contribution < 1.29 is 14.7 Å². The number of amides is 1. The molecule has 0 aliphatic carbocycles. The number of hydrogen-bond donors (Lipinski definition) is 3. The van der Waals surface area contributed by atoms with Crippen LogP contribution in [-0.4, -0.2) is 36.6 Å². The Hall–Kier alpha value is -1.88. The van der Waals surface area contributed by atoms with E-state index < -0.39 is 17.3 Å². The summed E-state index contributed by atoms with van der Waals surface area (Å²) in [6.45, 7) is 3.62. The van der Waals surface area contributed by atoms with Crippen LogP contribution in [0.5, 0.6) is 0 Å². The highest BCUT2D eigenvalue weighted by Gasteiger charge is 2.35. The molecule has 2 rings (SSSR count). The summed E-state index contributed by atoms with van der Waals surface area (Å²) < 4.78 is 0. The van der Waals surface area contributed by atoms with Crippen LogP contribution in [0, 0.1) is 5.41 Å². The van der Waals surface area contributed by atoms with Gasteiger partial charge in [-0.3, -0.25) is 9.59 Å². The lowest BCUT2D eigenvalue weighted by Gasteiger charge is -2.33. The Kier molecular flexibility index (Phi) is 4.96. The van der Waals surface area contributed by atoms with Gasteiger partial charge in [0.15, 0.2) is 0 Å². The maximum atomic E-state index is 12.3. The molecular formula is C16H22N2O3. The van der Waals surface area contributed by atoms with Crippen molar-refractivity contribution in [3.05, 3.63) is 35.9 Å². The van der Waals surface area contributed by atoms with Crippen LogP contribution in [0.1, 0.15) is 31.2 Å². The summed E-state index contributed by atoms with van der Waals surface area (Å²) in [7, 11) is 0. The average Bonchev–Trinajstić information content (AvgIpc) is 2.48. The molecule has 0 bridgehead atoms. The maximum Gasteiger partial charge on any atom is 0.312 e. The Morgan fingerprint density at radius 1 is 1.38 bits per heavy atom. The number of carbonyl (C=O) groups is 2. The molecule has 5 heteroatoms. The van der Waals surface area contributed by atoms with Gasteiger partial charge in [-0.25, -0.2) is 0 Å². The molecule has 1 aliphatic rings. The number of nitrogens with one attached hydrogen (secondary N) is 2. The van der Waals surface area contributed by atoms with Crippen molar-refractivity contribution >= 4 is 11.9 Å². The number of hydrogen-bond acceptors (Lipinski definition) is 3. The summed E-state index contributed by atoms with van der Waals surface area (Å²) in [4.78, 5) is 23.7. The lowest BCUT2D eigenvalue weighted by molar-refractivity contribution is -0.139. The first-order valence-electron chi connectivity index (χ1n) is 7.30. The van der Waals surface area contributed by atoms with Gasteiger partial charge in [-0.15, -0.1) is 0 Å². The zero-order chi connectivity index (χ0) is 15.3. The molecule has 2 atom stereocenters. The molecular weight excluding hydrogens is 268 g/mol. The van der Waals surface area contributed by atoms with Gasteiger partial charge >= 0.3 is 5.97 Å². The normalized spacial score (nSPS) is 23.3. The molecule has 1 aliphatic heterocycles. The molecule has 21 heavy (non-hydrogen) atoms. The molecule has 1 aromatic rings. The molecule has 0 spiro atoms. The minimum atomic E-state index is -0.923.